The number of rotatable bonds is 5. The van der Waals surface area contributed by atoms with E-state index in [9.17, 15) is 0 Å². The van der Waals surface area contributed by atoms with Gasteiger partial charge < -0.3 is 9.47 Å². The highest BCUT2D eigenvalue weighted by atomic mass is 79.9. The lowest BCUT2D eigenvalue weighted by Gasteiger charge is -2.15. The zero-order valence-electron chi connectivity index (χ0n) is 11.4. The summed E-state index contributed by atoms with van der Waals surface area (Å²) in [5.74, 6) is 1.67. The van der Waals surface area contributed by atoms with E-state index in [1.54, 1.807) is 14.2 Å². The van der Waals surface area contributed by atoms with Crippen LogP contribution in [0.3, 0.4) is 0 Å². The van der Waals surface area contributed by atoms with E-state index in [0.29, 0.717) is 0 Å². The lowest BCUT2D eigenvalue weighted by molar-refractivity contribution is 0.398. The van der Waals surface area contributed by atoms with Crippen molar-refractivity contribution in [1.29, 1.82) is 0 Å². The summed E-state index contributed by atoms with van der Waals surface area (Å²) < 4.78 is 10.7. The Bertz CT molecular complexity index is 569. The molecule has 0 fully saturated rings. The molecule has 2 aromatic rings. The minimum atomic E-state index is 0.147. The first kappa shape index (κ1) is 15.2. The summed E-state index contributed by atoms with van der Waals surface area (Å²) in [7, 11) is 3.33. The summed E-state index contributed by atoms with van der Waals surface area (Å²) in [5, 5.41) is 0.749. The molecule has 0 saturated heterocycles. The van der Waals surface area contributed by atoms with Crippen LogP contribution < -0.4 is 9.47 Å². The van der Waals surface area contributed by atoms with Crippen LogP contribution in [0.5, 0.6) is 11.5 Å². The average Bonchev–Trinajstić information content (AvgIpc) is 2.48. The van der Waals surface area contributed by atoms with Crippen LogP contribution in [0.4, 0.5) is 0 Å². The summed E-state index contributed by atoms with van der Waals surface area (Å²) in [5.41, 5.74) is 2.28. The van der Waals surface area contributed by atoms with Crippen molar-refractivity contribution in [3.8, 4) is 11.5 Å². The van der Waals surface area contributed by atoms with Gasteiger partial charge in [-0.05, 0) is 42.3 Å². The molecule has 2 rings (SSSR count). The van der Waals surface area contributed by atoms with Gasteiger partial charge >= 0.3 is 0 Å². The third kappa shape index (κ3) is 3.68. The fraction of sp³-hybridized carbons (Fsp3) is 0.250. The normalized spacial score (nSPS) is 12.0. The maximum atomic E-state index is 5.90. The SMILES string of the molecule is COc1ccc(OC)c(C(Br)Cc2ccc(Cl)cc2)c1. The molecule has 0 aliphatic carbocycles. The first-order valence-corrected chi connectivity index (χ1v) is 7.54. The number of halogens is 2. The monoisotopic (exact) mass is 354 g/mol. The van der Waals surface area contributed by atoms with Crippen molar-refractivity contribution in [3.05, 3.63) is 58.6 Å². The minimum Gasteiger partial charge on any atom is -0.497 e. The largest absolute Gasteiger partial charge is 0.497 e. The van der Waals surface area contributed by atoms with Gasteiger partial charge in [0.2, 0.25) is 0 Å². The maximum Gasteiger partial charge on any atom is 0.123 e. The molecular formula is C16H16BrClO2. The van der Waals surface area contributed by atoms with E-state index >= 15 is 0 Å². The molecule has 20 heavy (non-hydrogen) atoms. The maximum absolute atomic E-state index is 5.90. The molecule has 1 unspecified atom stereocenters. The Kier molecular flexibility index (Phi) is 5.32. The number of hydrogen-bond acceptors (Lipinski definition) is 2. The lowest BCUT2D eigenvalue weighted by atomic mass is 10.0. The molecule has 0 aliphatic heterocycles. The Labute approximate surface area is 132 Å². The predicted octanol–water partition coefficient (Wildman–Crippen LogP) is 5.04. The summed E-state index contributed by atoms with van der Waals surface area (Å²) in [4.78, 5) is 0.147. The summed E-state index contributed by atoms with van der Waals surface area (Å²) in [6.45, 7) is 0. The highest BCUT2D eigenvalue weighted by Crippen LogP contribution is 2.36. The van der Waals surface area contributed by atoms with Gasteiger partial charge in [0.15, 0.2) is 0 Å². The van der Waals surface area contributed by atoms with Crippen LogP contribution in [0.2, 0.25) is 5.02 Å². The molecule has 0 spiro atoms. The van der Waals surface area contributed by atoms with Crippen LogP contribution in [0.25, 0.3) is 0 Å². The van der Waals surface area contributed by atoms with Gasteiger partial charge in [0.25, 0.3) is 0 Å². The molecule has 4 heteroatoms. The van der Waals surface area contributed by atoms with Crippen LogP contribution in [-0.4, -0.2) is 14.2 Å². The van der Waals surface area contributed by atoms with Crippen molar-refractivity contribution >= 4 is 27.5 Å². The van der Waals surface area contributed by atoms with Gasteiger partial charge in [-0.2, -0.15) is 0 Å². The topological polar surface area (TPSA) is 18.5 Å². The molecule has 0 radical (unpaired) electrons. The van der Waals surface area contributed by atoms with Crippen LogP contribution in [0.15, 0.2) is 42.5 Å². The number of alkyl halides is 1. The van der Waals surface area contributed by atoms with Crippen LogP contribution >= 0.6 is 27.5 Å². The number of benzene rings is 2. The van der Waals surface area contributed by atoms with Crippen molar-refractivity contribution in [2.45, 2.75) is 11.2 Å². The van der Waals surface area contributed by atoms with Crippen LogP contribution in [-0.2, 0) is 6.42 Å². The second kappa shape index (κ2) is 7.00. The molecule has 0 bridgehead atoms. The zero-order valence-corrected chi connectivity index (χ0v) is 13.7. The highest BCUT2D eigenvalue weighted by molar-refractivity contribution is 9.09. The molecule has 2 aromatic carbocycles. The predicted molar refractivity (Wildman–Crippen MR) is 86.4 cm³/mol. The highest BCUT2D eigenvalue weighted by Gasteiger charge is 2.15. The Morgan fingerprint density at radius 3 is 2.35 bits per heavy atom. The quantitative estimate of drug-likeness (QED) is 0.700. The van der Waals surface area contributed by atoms with Crippen molar-refractivity contribution in [2.24, 2.45) is 0 Å². The molecule has 0 aliphatic rings. The van der Waals surface area contributed by atoms with Gasteiger partial charge in [-0.15, -0.1) is 0 Å². The Balaban J connectivity index is 2.23. The van der Waals surface area contributed by atoms with Gasteiger partial charge in [0.05, 0.1) is 14.2 Å². The average molecular weight is 356 g/mol. The van der Waals surface area contributed by atoms with Gasteiger partial charge in [-0.1, -0.05) is 39.7 Å². The molecule has 1 atom stereocenters. The molecule has 0 saturated carbocycles. The molecule has 106 valence electrons. The molecular weight excluding hydrogens is 340 g/mol. The Morgan fingerprint density at radius 1 is 1.05 bits per heavy atom. The Hall–Kier alpha value is -1.19. The van der Waals surface area contributed by atoms with E-state index in [4.69, 9.17) is 21.1 Å². The van der Waals surface area contributed by atoms with Crippen LogP contribution in [0.1, 0.15) is 16.0 Å². The van der Waals surface area contributed by atoms with Crippen molar-refractivity contribution in [1.82, 2.24) is 0 Å². The minimum absolute atomic E-state index is 0.147. The van der Waals surface area contributed by atoms with Crippen molar-refractivity contribution in [3.63, 3.8) is 0 Å². The first-order valence-electron chi connectivity index (χ1n) is 6.24. The molecule has 0 amide bonds. The van der Waals surface area contributed by atoms with E-state index in [2.05, 4.69) is 15.9 Å². The molecule has 0 heterocycles. The molecule has 2 nitrogen and oxygen atoms in total. The number of methoxy groups -OCH3 is 2. The van der Waals surface area contributed by atoms with E-state index in [1.165, 1.54) is 5.56 Å². The third-order valence-electron chi connectivity index (χ3n) is 3.10. The van der Waals surface area contributed by atoms with Crippen molar-refractivity contribution in [2.75, 3.05) is 14.2 Å². The fourth-order valence-electron chi connectivity index (χ4n) is 2.02. The van der Waals surface area contributed by atoms with Gasteiger partial charge in [0.1, 0.15) is 11.5 Å². The number of ether oxygens (including phenoxy) is 2. The van der Waals surface area contributed by atoms with Gasteiger partial charge in [-0.3, -0.25) is 0 Å². The zero-order chi connectivity index (χ0) is 14.5. The third-order valence-corrected chi connectivity index (χ3v) is 4.17. The summed E-state index contributed by atoms with van der Waals surface area (Å²) in [6, 6.07) is 13.7. The Morgan fingerprint density at radius 2 is 1.75 bits per heavy atom. The molecule has 0 aromatic heterocycles. The lowest BCUT2D eigenvalue weighted by Crippen LogP contribution is -1.99. The van der Waals surface area contributed by atoms with Crippen LogP contribution in [0, 0.1) is 0 Å². The second-order valence-electron chi connectivity index (χ2n) is 4.41. The van der Waals surface area contributed by atoms with E-state index in [0.717, 1.165) is 28.5 Å². The number of hydrogen-bond donors (Lipinski definition) is 0. The van der Waals surface area contributed by atoms with E-state index in [-0.39, 0.29) is 4.83 Å². The smallest absolute Gasteiger partial charge is 0.123 e. The second-order valence-corrected chi connectivity index (χ2v) is 5.95. The fourth-order valence-corrected chi connectivity index (χ4v) is 2.88. The van der Waals surface area contributed by atoms with Gasteiger partial charge in [-0.25, -0.2) is 0 Å². The summed E-state index contributed by atoms with van der Waals surface area (Å²) in [6.07, 6.45) is 0.848. The van der Waals surface area contributed by atoms with Crippen molar-refractivity contribution < 1.29 is 9.47 Å². The molecule has 0 N–H and O–H groups in total. The standard InChI is InChI=1S/C16H16BrClO2/c1-19-13-7-8-16(20-2)14(10-13)15(17)9-11-3-5-12(18)6-4-11/h3-8,10,15H,9H2,1-2H3. The van der Waals surface area contributed by atoms with E-state index in [1.807, 2.05) is 42.5 Å². The summed E-state index contributed by atoms with van der Waals surface area (Å²) >= 11 is 9.63. The van der Waals surface area contributed by atoms with E-state index < -0.39 is 0 Å². The first-order chi connectivity index (χ1) is 9.63. The van der Waals surface area contributed by atoms with Gasteiger partial charge in [0, 0.05) is 15.4 Å².